The number of rotatable bonds is 9. The number of hydrogen-bond donors (Lipinski definition) is 1. The van der Waals surface area contributed by atoms with Crippen LogP contribution in [0.25, 0.3) is 0 Å². The van der Waals surface area contributed by atoms with Crippen LogP contribution >= 0.6 is 0 Å². The van der Waals surface area contributed by atoms with Gasteiger partial charge < -0.3 is 19.5 Å². The Bertz CT molecular complexity index is 685. The van der Waals surface area contributed by atoms with Crippen LogP contribution in [-0.4, -0.2) is 74.3 Å². The van der Waals surface area contributed by atoms with Crippen molar-refractivity contribution in [2.24, 2.45) is 17.8 Å². The molecular formula is C25H37FN2O3. The summed E-state index contributed by atoms with van der Waals surface area (Å²) in [4.78, 5) is 4.54. The van der Waals surface area contributed by atoms with Crippen molar-refractivity contribution in [2.75, 3.05) is 57.4 Å². The van der Waals surface area contributed by atoms with Gasteiger partial charge in [-0.25, -0.2) is 4.39 Å². The van der Waals surface area contributed by atoms with Gasteiger partial charge >= 0.3 is 0 Å². The summed E-state index contributed by atoms with van der Waals surface area (Å²) >= 11 is 0. The smallest absolute Gasteiger partial charge is 0.123 e. The van der Waals surface area contributed by atoms with Crippen molar-refractivity contribution in [1.29, 1.82) is 0 Å². The quantitative estimate of drug-likeness (QED) is 0.607. The third kappa shape index (κ3) is 5.24. The van der Waals surface area contributed by atoms with Crippen molar-refractivity contribution in [3.63, 3.8) is 0 Å². The Morgan fingerprint density at radius 1 is 0.935 bits per heavy atom. The molecule has 5 nitrogen and oxygen atoms in total. The fourth-order valence-electron chi connectivity index (χ4n) is 6.94. The molecule has 1 aromatic carbocycles. The SMILES string of the molecule is O[C@H](COCCOC12CC3CC(CC(C3)C1)C2)CN1CCN(c2ccc(F)cc2)CC1. The van der Waals surface area contributed by atoms with Crippen molar-refractivity contribution in [3.8, 4) is 0 Å². The van der Waals surface area contributed by atoms with E-state index in [2.05, 4.69) is 9.80 Å². The van der Waals surface area contributed by atoms with Gasteiger partial charge in [-0.15, -0.1) is 0 Å². The Morgan fingerprint density at radius 2 is 1.55 bits per heavy atom. The minimum Gasteiger partial charge on any atom is -0.389 e. The van der Waals surface area contributed by atoms with Crippen LogP contribution in [0.3, 0.4) is 0 Å². The van der Waals surface area contributed by atoms with Crippen LogP contribution in [-0.2, 0) is 9.47 Å². The number of benzene rings is 1. The van der Waals surface area contributed by atoms with E-state index in [-0.39, 0.29) is 11.4 Å². The molecule has 5 fully saturated rings. The number of β-amino-alcohol motifs (C(OH)–C–C–N with tert-alkyl or cyclic N) is 1. The first-order valence-corrected chi connectivity index (χ1v) is 12.2. The molecule has 1 aliphatic heterocycles. The van der Waals surface area contributed by atoms with Crippen molar-refractivity contribution < 1.29 is 19.0 Å². The highest BCUT2D eigenvalue weighted by atomic mass is 19.1. The molecule has 1 heterocycles. The number of piperazine rings is 1. The van der Waals surface area contributed by atoms with Crippen LogP contribution in [0.5, 0.6) is 0 Å². The third-order valence-corrected chi connectivity index (χ3v) is 7.96. The number of anilines is 1. The number of aliphatic hydroxyl groups is 1. The van der Waals surface area contributed by atoms with E-state index in [1.807, 2.05) is 12.1 Å². The zero-order valence-electron chi connectivity index (χ0n) is 18.6. The highest BCUT2D eigenvalue weighted by molar-refractivity contribution is 5.46. The fraction of sp³-hybridized carbons (Fsp3) is 0.760. The molecule has 6 rings (SSSR count). The second-order valence-corrected chi connectivity index (χ2v) is 10.4. The van der Waals surface area contributed by atoms with Crippen LogP contribution in [0.1, 0.15) is 38.5 Å². The molecule has 0 spiro atoms. The predicted octanol–water partition coefficient (Wildman–Crippen LogP) is 3.31. The van der Waals surface area contributed by atoms with E-state index in [0.717, 1.165) is 49.6 Å². The molecule has 1 aromatic rings. The Kier molecular flexibility index (Phi) is 6.52. The number of ether oxygens (including phenoxy) is 2. The van der Waals surface area contributed by atoms with Gasteiger partial charge in [0.2, 0.25) is 0 Å². The minimum atomic E-state index is -0.475. The van der Waals surface area contributed by atoms with Gasteiger partial charge in [-0.3, -0.25) is 4.90 Å². The Hall–Kier alpha value is -1.21. The average Bonchev–Trinajstić information content (AvgIpc) is 2.74. The van der Waals surface area contributed by atoms with Gasteiger partial charge in [-0.05, 0) is 80.5 Å². The minimum absolute atomic E-state index is 0.140. The second kappa shape index (κ2) is 9.34. The van der Waals surface area contributed by atoms with E-state index in [1.165, 1.54) is 50.7 Å². The largest absolute Gasteiger partial charge is 0.389 e. The van der Waals surface area contributed by atoms with Crippen LogP contribution in [0.15, 0.2) is 24.3 Å². The molecule has 1 N–H and O–H groups in total. The Balaban J connectivity index is 0.962. The maximum atomic E-state index is 13.1. The maximum absolute atomic E-state index is 13.1. The molecule has 1 saturated heterocycles. The lowest BCUT2D eigenvalue weighted by Crippen LogP contribution is -2.52. The normalized spacial score (nSPS) is 33.7. The number of nitrogens with zero attached hydrogens (tertiary/aromatic N) is 2. The van der Waals surface area contributed by atoms with E-state index in [1.54, 1.807) is 0 Å². The van der Waals surface area contributed by atoms with Crippen LogP contribution in [0.2, 0.25) is 0 Å². The first-order valence-electron chi connectivity index (χ1n) is 12.2. The molecule has 0 radical (unpaired) electrons. The van der Waals surface area contributed by atoms with Gasteiger partial charge in [0, 0.05) is 38.4 Å². The van der Waals surface area contributed by atoms with Gasteiger partial charge in [0.1, 0.15) is 5.82 Å². The predicted molar refractivity (Wildman–Crippen MR) is 119 cm³/mol. The lowest BCUT2D eigenvalue weighted by Gasteiger charge is -2.56. The first kappa shape index (κ1) is 21.6. The molecule has 0 amide bonds. The number of aliphatic hydroxyl groups excluding tert-OH is 1. The number of hydrogen-bond acceptors (Lipinski definition) is 5. The van der Waals surface area contributed by atoms with E-state index < -0.39 is 6.10 Å². The topological polar surface area (TPSA) is 45.2 Å². The van der Waals surface area contributed by atoms with Gasteiger partial charge in [0.05, 0.1) is 31.5 Å². The highest BCUT2D eigenvalue weighted by Gasteiger charge is 2.51. The lowest BCUT2D eigenvalue weighted by atomic mass is 9.54. The zero-order valence-corrected chi connectivity index (χ0v) is 18.6. The van der Waals surface area contributed by atoms with Crippen molar-refractivity contribution >= 4 is 5.69 Å². The number of halogens is 1. The molecule has 0 aromatic heterocycles. The first-order chi connectivity index (χ1) is 15.1. The van der Waals surface area contributed by atoms with Crippen LogP contribution in [0.4, 0.5) is 10.1 Å². The summed E-state index contributed by atoms with van der Waals surface area (Å²) in [6.45, 7) is 5.77. The molecule has 4 aliphatic carbocycles. The van der Waals surface area contributed by atoms with Gasteiger partial charge in [0.25, 0.3) is 0 Å². The van der Waals surface area contributed by atoms with Crippen LogP contribution in [0, 0.1) is 23.6 Å². The molecule has 6 heteroatoms. The summed E-state index contributed by atoms with van der Waals surface area (Å²) in [6.07, 6.45) is 7.59. The van der Waals surface area contributed by atoms with E-state index in [9.17, 15) is 9.50 Å². The monoisotopic (exact) mass is 432 g/mol. The molecule has 1 atom stereocenters. The Labute approximate surface area is 185 Å². The second-order valence-electron chi connectivity index (χ2n) is 10.4. The van der Waals surface area contributed by atoms with Crippen molar-refractivity contribution in [1.82, 2.24) is 4.90 Å². The molecule has 31 heavy (non-hydrogen) atoms. The average molecular weight is 433 g/mol. The Morgan fingerprint density at radius 3 is 2.16 bits per heavy atom. The third-order valence-electron chi connectivity index (χ3n) is 7.96. The van der Waals surface area contributed by atoms with Crippen LogP contribution < -0.4 is 4.90 Å². The van der Waals surface area contributed by atoms with E-state index in [4.69, 9.17) is 9.47 Å². The molecule has 4 saturated carbocycles. The summed E-state index contributed by atoms with van der Waals surface area (Å²) < 4.78 is 25.2. The summed E-state index contributed by atoms with van der Waals surface area (Å²) in [5.41, 5.74) is 1.20. The maximum Gasteiger partial charge on any atom is 0.123 e. The lowest BCUT2D eigenvalue weighted by molar-refractivity contribution is -0.170. The molecule has 4 bridgehead atoms. The fourth-order valence-corrected chi connectivity index (χ4v) is 6.94. The summed E-state index contributed by atoms with van der Waals surface area (Å²) in [7, 11) is 0. The van der Waals surface area contributed by atoms with Crippen molar-refractivity contribution in [3.05, 3.63) is 30.1 Å². The zero-order chi connectivity index (χ0) is 21.3. The molecule has 5 aliphatic rings. The van der Waals surface area contributed by atoms with E-state index >= 15 is 0 Å². The molecule has 0 unspecified atom stereocenters. The summed E-state index contributed by atoms with van der Waals surface area (Å²) in [6, 6.07) is 6.68. The molecule has 172 valence electrons. The van der Waals surface area contributed by atoms with Gasteiger partial charge in [-0.1, -0.05) is 0 Å². The van der Waals surface area contributed by atoms with E-state index in [0.29, 0.717) is 26.4 Å². The summed E-state index contributed by atoms with van der Waals surface area (Å²) in [5.74, 6) is 2.50. The van der Waals surface area contributed by atoms with Gasteiger partial charge in [-0.2, -0.15) is 0 Å². The molecular weight excluding hydrogens is 395 g/mol. The highest BCUT2D eigenvalue weighted by Crippen LogP contribution is 2.57. The standard InChI is InChI=1S/C25H37FN2O3/c26-22-1-3-23(4-2-22)28-7-5-27(6-8-28)17-24(29)18-30-9-10-31-25-14-19-11-20(15-25)13-21(12-19)16-25/h1-4,19-21,24,29H,5-18H2/t19?,20?,21?,24-,25?/m0/s1. The van der Waals surface area contributed by atoms with Crippen molar-refractivity contribution in [2.45, 2.75) is 50.2 Å². The van der Waals surface area contributed by atoms with Gasteiger partial charge in [0.15, 0.2) is 0 Å². The summed E-state index contributed by atoms with van der Waals surface area (Å²) in [5, 5.41) is 10.4.